The molecule has 6 heteroatoms. The molecular weight excluding hydrogens is 426 g/mol. The number of nitrogens with zero attached hydrogens (tertiary/aromatic N) is 3. The predicted octanol–water partition coefficient (Wildman–Crippen LogP) is 8.09. The smallest absolute Gasteiger partial charge is 0.320 e. The van der Waals surface area contributed by atoms with E-state index in [0.29, 0.717) is 24.2 Å². The van der Waals surface area contributed by atoms with Crippen molar-refractivity contribution in [1.29, 1.82) is 0 Å². The van der Waals surface area contributed by atoms with Crippen molar-refractivity contribution in [2.45, 2.75) is 91.4 Å². The van der Waals surface area contributed by atoms with Gasteiger partial charge in [-0.2, -0.15) is 0 Å². The summed E-state index contributed by atoms with van der Waals surface area (Å²) in [6.07, 6.45) is 17.9. The third-order valence-electron chi connectivity index (χ3n) is 5.84. The van der Waals surface area contributed by atoms with E-state index in [4.69, 9.17) is 14.0 Å². The van der Waals surface area contributed by atoms with Crippen molar-refractivity contribution in [1.82, 2.24) is 15.1 Å². The first-order valence-corrected chi connectivity index (χ1v) is 12.9. The summed E-state index contributed by atoms with van der Waals surface area (Å²) in [4.78, 5) is 9.19. The minimum absolute atomic E-state index is 0.305. The Morgan fingerprint density at radius 3 is 2.21 bits per heavy atom. The van der Waals surface area contributed by atoms with Crippen LogP contribution in [0.25, 0.3) is 11.4 Å². The Bertz CT molecular complexity index is 969. The van der Waals surface area contributed by atoms with Crippen LogP contribution in [-0.4, -0.2) is 21.7 Å². The van der Waals surface area contributed by atoms with Crippen LogP contribution in [0.3, 0.4) is 0 Å². The van der Waals surface area contributed by atoms with Gasteiger partial charge in [-0.15, -0.1) is 0 Å². The molecule has 0 saturated carbocycles. The molecule has 0 N–H and O–H groups in total. The number of rotatable bonds is 16. The van der Waals surface area contributed by atoms with E-state index in [-0.39, 0.29) is 0 Å². The maximum Gasteiger partial charge on any atom is 0.320 e. The van der Waals surface area contributed by atoms with E-state index in [1.54, 1.807) is 6.07 Å². The van der Waals surface area contributed by atoms with Crippen molar-refractivity contribution < 1.29 is 14.0 Å². The van der Waals surface area contributed by atoms with E-state index < -0.39 is 0 Å². The summed E-state index contributed by atoms with van der Waals surface area (Å²) >= 11 is 0. The highest BCUT2D eigenvalue weighted by molar-refractivity contribution is 5.58. The molecule has 0 spiro atoms. The molecule has 0 radical (unpaired) electrons. The second kappa shape index (κ2) is 14.4. The largest absolute Gasteiger partial charge is 0.475 e. The molecule has 0 unspecified atom stereocenters. The van der Waals surface area contributed by atoms with Crippen molar-refractivity contribution >= 4 is 0 Å². The van der Waals surface area contributed by atoms with Crippen LogP contribution < -0.4 is 9.47 Å². The fraction of sp³-hybridized carbons (Fsp3) is 0.536. The zero-order chi connectivity index (χ0) is 24.0. The molecule has 0 aliphatic heterocycles. The molecule has 0 amide bonds. The molecule has 0 aliphatic rings. The Kier molecular flexibility index (Phi) is 10.9. The van der Waals surface area contributed by atoms with Gasteiger partial charge in [-0.1, -0.05) is 65.2 Å². The fourth-order valence-electron chi connectivity index (χ4n) is 3.85. The lowest BCUT2D eigenvalue weighted by Crippen LogP contribution is -1.95. The molecule has 2 heterocycles. The molecule has 0 aliphatic carbocycles. The molecular formula is C28H39N3O3. The van der Waals surface area contributed by atoms with Gasteiger partial charge in [0, 0.05) is 18.0 Å². The van der Waals surface area contributed by atoms with Crippen LogP contribution in [0.1, 0.15) is 89.2 Å². The molecule has 1 aromatic carbocycles. The standard InChI is InChI=1S/C28H39N3O3/c1-4-6-7-8-9-10-11-12-13-14-23-20-29-28(30-21-23)24-15-16-25(22(3)18-24)33-27-19-26(31-34-27)32-17-5-2/h15-16,18-21H,4-14,17H2,1-3H3. The maximum absolute atomic E-state index is 5.83. The summed E-state index contributed by atoms with van der Waals surface area (Å²) in [5, 5.41) is 3.86. The van der Waals surface area contributed by atoms with E-state index in [2.05, 4.69) is 22.0 Å². The van der Waals surface area contributed by atoms with Crippen LogP contribution in [-0.2, 0) is 6.42 Å². The number of hydrogen-bond donors (Lipinski definition) is 0. The number of unbranched alkanes of at least 4 members (excludes halogenated alkanes) is 8. The van der Waals surface area contributed by atoms with Crippen molar-refractivity contribution in [3.8, 4) is 29.0 Å². The van der Waals surface area contributed by atoms with E-state index in [9.17, 15) is 0 Å². The number of aryl methyl sites for hydroxylation is 2. The highest BCUT2D eigenvalue weighted by atomic mass is 16.6. The van der Waals surface area contributed by atoms with Gasteiger partial charge >= 0.3 is 5.95 Å². The van der Waals surface area contributed by atoms with Crippen molar-refractivity contribution in [2.24, 2.45) is 0 Å². The van der Waals surface area contributed by atoms with E-state index in [1.165, 1.54) is 63.4 Å². The summed E-state index contributed by atoms with van der Waals surface area (Å²) < 4.78 is 16.5. The molecule has 3 rings (SSSR count). The predicted molar refractivity (Wildman–Crippen MR) is 135 cm³/mol. The maximum atomic E-state index is 5.83. The van der Waals surface area contributed by atoms with Crippen molar-refractivity contribution in [2.75, 3.05) is 6.61 Å². The third kappa shape index (κ3) is 8.47. The van der Waals surface area contributed by atoms with E-state index in [0.717, 1.165) is 29.8 Å². The first kappa shape index (κ1) is 25.7. The monoisotopic (exact) mass is 465 g/mol. The van der Waals surface area contributed by atoms with Gasteiger partial charge in [0.15, 0.2) is 5.82 Å². The second-order valence-electron chi connectivity index (χ2n) is 8.91. The first-order chi connectivity index (χ1) is 16.7. The number of hydrogen-bond acceptors (Lipinski definition) is 6. The van der Waals surface area contributed by atoms with Gasteiger partial charge in [0.05, 0.1) is 12.7 Å². The lowest BCUT2D eigenvalue weighted by Gasteiger charge is -2.08. The van der Waals surface area contributed by atoms with Crippen LogP contribution >= 0.6 is 0 Å². The Morgan fingerprint density at radius 2 is 1.53 bits per heavy atom. The van der Waals surface area contributed by atoms with Gasteiger partial charge in [0.1, 0.15) is 5.75 Å². The Morgan fingerprint density at radius 1 is 0.824 bits per heavy atom. The van der Waals surface area contributed by atoms with Gasteiger partial charge in [-0.25, -0.2) is 9.97 Å². The van der Waals surface area contributed by atoms with Gasteiger partial charge in [-0.3, -0.25) is 0 Å². The van der Waals surface area contributed by atoms with Gasteiger partial charge in [0.25, 0.3) is 5.88 Å². The summed E-state index contributed by atoms with van der Waals surface area (Å²) in [5.74, 6) is 2.16. The number of ether oxygens (including phenoxy) is 2. The summed E-state index contributed by atoms with van der Waals surface area (Å²) in [7, 11) is 0. The third-order valence-corrected chi connectivity index (χ3v) is 5.84. The van der Waals surface area contributed by atoms with Gasteiger partial charge in [0.2, 0.25) is 0 Å². The minimum atomic E-state index is 0.305. The average Bonchev–Trinajstić information content (AvgIpc) is 3.30. The molecule has 2 aromatic heterocycles. The number of aromatic nitrogens is 3. The van der Waals surface area contributed by atoms with Gasteiger partial charge < -0.3 is 14.0 Å². The molecule has 0 bridgehead atoms. The molecule has 0 saturated heterocycles. The Labute approximate surface area is 204 Å². The second-order valence-corrected chi connectivity index (χ2v) is 8.91. The van der Waals surface area contributed by atoms with Crippen LogP contribution in [0.2, 0.25) is 0 Å². The topological polar surface area (TPSA) is 70.3 Å². The lowest BCUT2D eigenvalue weighted by atomic mass is 10.0. The van der Waals surface area contributed by atoms with Crippen molar-refractivity contribution in [3.63, 3.8) is 0 Å². The Hall–Kier alpha value is -2.89. The molecule has 0 fully saturated rings. The molecule has 0 atom stereocenters. The van der Waals surface area contributed by atoms with Crippen LogP contribution in [0.15, 0.2) is 41.2 Å². The quantitative estimate of drug-likeness (QED) is 0.199. The van der Waals surface area contributed by atoms with Crippen LogP contribution in [0.5, 0.6) is 17.6 Å². The van der Waals surface area contributed by atoms with Crippen molar-refractivity contribution in [3.05, 3.63) is 47.8 Å². The first-order valence-electron chi connectivity index (χ1n) is 12.9. The molecule has 34 heavy (non-hydrogen) atoms. The zero-order valence-electron chi connectivity index (χ0n) is 21.0. The van der Waals surface area contributed by atoms with Crippen LogP contribution in [0.4, 0.5) is 0 Å². The average molecular weight is 466 g/mol. The molecule has 3 aromatic rings. The Balaban J connectivity index is 1.44. The summed E-state index contributed by atoms with van der Waals surface area (Å²) in [6, 6.07) is 7.54. The molecule has 184 valence electrons. The highest BCUT2D eigenvalue weighted by Gasteiger charge is 2.11. The highest BCUT2D eigenvalue weighted by Crippen LogP contribution is 2.30. The minimum Gasteiger partial charge on any atom is -0.475 e. The number of benzene rings is 1. The normalized spacial score (nSPS) is 11.0. The van der Waals surface area contributed by atoms with E-state index >= 15 is 0 Å². The zero-order valence-corrected chi connectivity index (χ0v) is 21.0. The summed E-state index contributed by atoms with van der Waals surface area (Å²) in [6.45, 7) is 6.89. The van der Waals surface area contributed by atoms with E-state index in [1.807, 2.05) is 44.4 Å². The molecule has 6 nitrogen and oxygen atoms in total. The summed E-state index contributed by atoms with van der Waals surface area (Å²) in [5.41, 5.74) is 3.13. The lowest BCUT2D eigenvalue weighted by molar-refractivity contribution is 0.255. The van der Waals surface area contributed by atoms with Gasteiger partial charge in [-0.05, 0) is 60.7 Å². The SMILES string of the molecule is CCCCCCCCCCCc1cnc(-c2ccc(Oc3cc(OCCC)no3)c(C)c2)nc1. The van der Waals surface area contributed by atoms with Crippen LogP contribution in [0, 0.1) is 6.92 Å². The fourth-order valence-corrected chi connectivity index (χ4v) is 3.85.